The Morgan fingerprint density at radius 1 is 0.178 bits per heavy atom. The molecule has 73 heavy (non-hydrogen) atoms. The molecular weight excluding hydrogens is 901 g/mol. The summed E-state index contributed by atoms with van der Waals surface area (Å²) in [7, 11) is -3.69. The van der Waals surface area contributed by atoms with Crippen molar-refractivity contribution in [2.75, 3.05) is 18.3 Å². The number of benzene rings is 12. The van der Waals surface area contributed by atoms with Crippen molar-refractivity contribution >= 4 is 74.6 Å². The molecule has 2 heterocycles. The summed E-state index contributed by atoms with van der Waals surface area (Å²) in [5.74, 6) is 0. The van der Waals surface area contributed by atoms with Gasteiger partial charge in [0.25, 0.3) is 0 Å². The molecule has 0 radical (unpaired) electrons. The molecule has 0 fully saturated rings. The van der Waals surface area contributed by atoms with Gasteiger partial charge in [0.05, 0.1) is 0 Å². The third-order valence-electron chi connectivity index (χ3n) is 15.0. The molecule has 5 heteroatoms. The molecule has 0 aromatic heterocycles. The summed E-state index contributed by atoms with van der Waals surface area (Å²) in [6.45, 7) is 0. The number of nitrogens with zero attached hydrogens (tertiary/aromatic N) is 4. The Balaban J connectivity index is 1.09. The highest BCUT2D eigenvalue weighted by Gasteiger charge is 2.64. The number of hydrogen-bond acceptors (Lipinski definition) is 4. The molecule has 14 rings (SSSR count). The summed E-state index contributed by atoms with van der Waals surface area (Å²) in [5, 5.41) is 9.58. The summed E-state index contributed by atoms with van der Waals surface area (Å²) in [5.41, 5.74) is 14.2. The molecule has 2 aliphatic rings. The summed E-state index contributed by atoms with van der Waals surface area (Å²) in [6, 6.07) is 97.9. The smallest absolute Gasteiger partial charge is 0.320 e. The van der Waals surface area contributed by atoms with Gasteiger partial charge in [-0.15, -0.1) is 0 Å². The fraction of sp³-hybridized carbons (Fsp3) is 0. The Bertz CT molecular complexity index is 3660. The Morgan fingerprint density at radius 3 is 0.740 bits per heavy atom. The lowest BCUT2D eigenvalue weighted by atomic mass is 9.97. The minimum absolute atomic E-state index is 1.14. The summed E-state index contributed by atoms with van der Waals surface area (Å²) >= 11 is 0. The first kappa shape index (κ1) is 42.5. The molecule has 0 aliphatic carbocycles. The molecular formula is C68H48N4Si. The Hall–Kier alpha value is -9.42. The zero-order chi connectivity index (χ0) is 48.3. The largest absolute Gasteiger partial charge is 0.520 e. The zero-order valence-corrected chi connectivity index (χ0v) is 41.0. The van der Waals surface area contributed by atoms with E-state index in [9.17, 15) is 0 Å². The van der Waals surface area contributed by atoms with Crippen LogP contribution in [0.2, 0.25) is 0 Å². The average molecular weight is 949 g/mol. The Labute approximate surface area is 426 Å². The van der Waals surface area contributed by atoms with Crippen LogP contribution in [0.4, 0.5) is 22.7 Å². The fourth-order valence-corrected chi connectivity index (χ4v) is 16.3. The number of anilines is 4. The molecule has 0 unspecified atom stereocenters. The molecule has 12 aromatic carbocycles. The third kappa shape index (κ3) is 6.74. The van der Waals surface area contributed by atoms with E-state index in [1.165, 1.54) is 87.6 Å². The summed E-state index contributed by atoms with van der Waals surface area (Å²) in [4.78, 5) is 0. The molecule has 2 aliphatic heterocycles. The first-order chi connectivity index (χ1) is 36.3. The van der Waals surface area contributed by atoms with Crippen LogP contribution in [0.15, 0.2) is 292 Å². The zero-order valence-electron chi connectivity index (χ0n) is 40.0. The lowest BCUT2D eigenvalue weighted by molar-refractivity contribution is 1.17. The van der Waals surface area contributed by atoms with E-state index in [4.69, 9.17) is 0 Å². The van der Waals surface area contributed by atoms with Gasteiger partial charge >= 0.3 is 8.72 Å². The van der Waals surface area contributed by atoms with E-state index >= 15 is 0 Å². The fourth-order valence-electron chi connectivity index (χ4n) is 11.8. The standard InChI is InChI=1S/C68H48N4Si/c1-5-21-49(22-6-1)53-35-19-37-64-60(53)36-20-38-65(64)69-45-46-70(66-42-39-54(50-23-7-2-8-24-50)57-29-13-16-32-61(57)66)73(69)71(67-43-40-55(51-25-9-3-10-26-51)58-30-14-17-33-62(58)67)47-48-72(73)68-44-41-56(52-27-11-4-12-28-52)59-31-15-18-34-63(59)68/h1-48H. The van der Waals surface area contributed by atoms with Crippen molar-refractivity contribution in [3.8, 4) is 44.5 Å². The van der Waals surface area contributed by atoms with E-state index in [-0.39, 0.29) is 0 Å². The van der Waals surface area contributed by atoms with Gasteiger partial charge in [-0.05, 0) is 90.3 Å². The van der Waals surface area contributed by atoms with E-state index in [1.54, 1.807) is 0 Å². The van der Waals surface area contributed by atoms with Gasteiger partial charge in [-0.25, -0.2) is 0 Å². The molecule has 0 N–H and O–H groups in total. The van der Waals surface area contributed by atoms with Gasteiger partial charge in [0, 0.05) is 69.1 Å². The summed E-state index contributed by atoms with van der Waals surface area (Å²) < 4.78 is 10.6. The van der Waals surface area contributed by atoms with Crippen LogP contribution in [-0.4, -0.2) is 8.72 Å². The first-order valence-electron chi connectivity index (χ1n) is 25.1. The van der Waals surface area contributed by atoms with Crippen molar-refractivity contribution < 1.29 is 0 Å². The van der Waals surface area contributed by atoms with E-state index in [1.807, 2.05) is 0 Å². The average Bonchev–Trinajstić information content (AvgIpc) is 4.05. The monoisotopic (exact) mass is 948 g/mol. The van der Waals surface area contributed by atoms with Crippen molar-refractivity contribution in [1.82, 2.24) is 0 Å². The third-order valence-corrected chi connectivity index (χ3v) is 19.1. The van der Waals surface area contributed by atoms with Gasteiger partial charge in [0.15, 0.2) is 0 Å². The molecule has 0 saturated carbocycles. The van der Waals surface area contributed by atoms with E-state index in [0.717, 1.165) is 22.7 Å². The second kappa shape index (κ2) is 17.5. The molecule has 344 valence electrons. The summed E-state index contributed by atoms with van der Waals surface area (Å²) in [6.07, 6.45) is 9.46. The van der Waals surface area contributed by atoms with E-state index in [0.29, 0.717) is 0 Å². The van der Waals surface area contributed by atoms with Crippen LogP contribution in [0, 0.1) is 0 Å². The van der Waals surface area contributed by atoms with Gasteiger partial charge in [0.1, 0.15) is 0 Å². The van der Waals surface area contributed by atoms with Gasteiger partial charge in [-0.1, -0.05) is 243 Å². The molecule has 0 atom stereocenters. The van der Waals surface area contributed by atoms with Crippen molar-refractivity contribution in [2.24, 2.45) is 0 Å². The van der Waals surface area contributed by atoms with Crippen LogP contribution in [0.3, 0.4) is 0 Å². The van der Waals surface area contributed by atoms with Gasteiger partial charge in [-0.2, -0.15) is 0 Å². The molecule has 1 spiro atoms. The highest BCUT2D eigenvalue weighted by Crippen LogP contribution is 2.52. The quantitative estimate of drug-likeness (QED) is 0.141. The minimum atomic E-state index is -3.69. The predicted molar refractivity (Wildman–Crippen MR) is 311 cm³/mol. The number of fused-ring (bicyclic) bond motifs is 4. The Kier molecular flexibility index (Phi) is 10.2. The molecule has 4 nitrogen and oxygen atoms in total. The Morgan fingerprint density at radius 2 is 0.411 bits per heavy atom. The molecule has 0 saturated heterocycles. The normalized spacial score (nSPS) is 13.9. The lowest BCUT2D eigenvalue weighted by Crippen LogP contribution is -2.77. The van der Waals surface area contributed by atoms with Crippen LogP contribution in [0.25, 0.3) is 87.6 Å². The maximum absolute atomic E-state index is 3.69. The van der Waals surface area contributed by atoms with Crippen LogP contribution < -0.4 is 18.3 Å². The van der Waals surface area contributed by atoms with E-state index in [2.05, 4.69) is 310 Å². The van der Waals surface area contributed by atoms with Crippen molar-refractivity contribution in [1.29, 1.82) is 0 Å². The van der Waals surface area contributed by atoms with Crippen LogP contribution in [0.1, 0.15) is 0 Å². The van der Waals surface area contributed by atoms with Gasteiger partial charge in [0.2, 0.25) is 0 Å². The first-order valence-corrected chi connectivity index (χ1v) is 26.9. The SMILES string of the molecule is C1=CN(c2ccc(-c3ccccc3)c3ccccc23)[Si]2(N1c1cccc3c(-c4ccccc4)cccc13)N(c1ccc(-c3ccccc3)c3ccccc13)C=CN2c1ccc(-c2ccccc2)c2ccccc12. The van der Waals surface area contributed by atoms with Crippen molar-refractivity contribution in [3.63, 3.8) is 0 Å². The molecule has 12 aromatic rings. The van der Waals surface area contributed by atoms with Crippen LogP contribution in [-0.2, 0) is 0 Å². The number of hydrogen-bond donors (Lipinski definition) is 0. The molecule has 0 amide bonds. The number of rotatable bonds is 8. The maximum atomic E-state index is 2.66. The topological polar surface area (TPSA) is 13.0 Å². The minimum Gasteiger partial charge on any atom is -0.320 e. The van der Waals surface area contributed by atoms with Crippen molar-refractivity contribution in [2.45, 2.75) is 0 Å². The second-order valence-corrected chi connectivity index (χ2v) is 22.0. The predicted octanol–water partition coefficient (Wildman–Crippen LogP) is 17.7. The second-order valence-electron chi connectivity index (χ2n) is 18.9. The highest BCUT2D eigenvalue weighted by molar-refractivity contribution is 6.96. The van der Waals surface area contributed by atoms with E-state index < -0.39 is 8.72 Å². The van der Waals surface area contributed by atoms with Gasteiger partial charge in [-0.3, -0.25) is 0 Å². The highest BCUT2D eigenvalue weighted by atomic mass is 28.4. The van der Waals surface area contributed by atoms with Crippen molar-refractivity contribution in [3.05, 3.63) is 292 Å². The van der Waals surface area contributed by atoms with Crippen LogP contribution >= 0.6 is 0 Å². The maximum Gasteiger partial charge on any atom is 0.520 e. The van der Waals surface area contributed by atoms with Gasteiger partial charge < -0.3 is 18.3 Å². The molecule has 0 bridgehead atoms. The lowest BCUT2D eigenvalue weighted by Gasteiger charge is -2.50. The van der Waals surface area contributed by atoms with Crippen LogP contribution in [0.5, 0.6) is 0 Å².